The second kappa shape index (κ2) is 8.32. The van der Waals surface area contributed by atoms with Crippen molar-refractivity contribution in [3.8, 4) is 11.5 Å². The van der Waals surface area contributed by atoms with Crippen LogP contribution in [0.3, 0.4) is 0 Å². The number of hydrogen-bond acceptors (Lipinski definition) is 8. The van der Waals surface area contributed by atoms with E-state index >= 15 is 0 Å². The second-order valence-corrected chi connectivity index (χ2v) is 6.81. The highest BCUT2D eigenvalue weighted by Crippen LogP contribution is 2.38. The number of rotatable bonds is 6. The minimum Gasteiger partial charge on any atom is -0.493 e. The van der Waals surface area contributed by atoms with Crippen molar-refractivity contribution >= 4 is 17.6 Å². The van der Waals surface area contributed by atoms with Gasteiger partial charge in [0.25, 0.3) is 5.95 Å². The monoisotopic (exact) mass is 407 g/mol. The Morgan fingerprint density at radius 2 is 1.83 bits per heavy atom. The maximum atomic E-state index is 13.1. The fraction of sp³-hybridized carbons (Fsp3) is 0.286. The first-order valence-electron chi connectivity index (χ1n) is 9.38. The van der Waals surface area contributed by atoms with Crippen LogP contribution in [-0.2, 0) is 16.1 Å². The maximum Gasteiger partial charge on any atom is 0.317 e. The molecule has 3 aromatic rings. The second-order valence-electron chi connectivity index (χ2n) is 6.81. The van der Waals surface area contributed by atoms with Gasteiger partial charge in [-0.2, -0.15) is 0 Å². The Balaban J connectivity index is 1.69. The zero-order chi connectivity index (χ0) is 21.1. The third-order valence-corrected chi connectivity index (χ3v) is 5.01. The third kappa shape index (κ3) is 3.61. The average Bonchev–Trinajstić information content (AvgIpc) is 3.24. The fourth-order valence-electron chi connectivity index (χ4n) is 3.53. The molecule has 30 heavy (non-hydrogen) atoms. The lowest BCUT2D eigenvalue weighted by Gasteiger charge is -2.29. The first kappa shape index (κ1) is 19.6. The van der Waals surface area contributed by atoms with E-state index in [2.05, 4.69) is 20.5 Å². The van der Waals surface area contributed by atoms with Crippen LogP contribution in [0, 0.1) is 5.92 Å². The molecule has 0 saturated heterocycles. The molecule has 1 aliphatic rings. The number of fused-ring (bicyclic) bond motifs is 1. The van der Waals surface area contributed by atoms with Crippen LogP contribution in [0.4, 0.5) is 5.95 Å². The summed E-state index contributed by atoms with van der Waals surface area (Å²) in [4.78, 5) is 17.5. The smallest absolute Gasteiger partial charge is 0.317 e. The number of hydrogen-bond donors (Lipinski definition) is 0. The van der Waals surface area contributed by atoms with Gasteiger partial charge in [-0.3, -0.25) is 4.79 Å². The largest absolute Gasteiger partial charge is 0.493 e. The molecule has 0 radical (unpaired) electrons. The molecule has 0 saturated carbocycles. The highest BCUT2D eigenvalue weighted by Gasteiger charge is 2.40. The molecule has 9 nitrogen and oxygen atoms in total. The van der Waals surface area contributed by atoms with Crippen LogP contribution in [0.1, 0.15) is 24.1 Å². The molecule has 4 rings (SSSR count). The van der Waals surface area contributed by atoms with E-state index in [1.54, 1.807) is 27.2 Å². The molecule has 1 aromatic heterocycles. The van der Waals surface area contributed by atoms with Gasteiger partial charge in [0.05, 0.1) is 14.2 Å². The lowest BCUT2D eigenvalue weighted by atomic mass is 9.88. The number of carbonyl (C=O) groups is 1. The van der Waals surface area contributed by atoms with Crippen LogP contribution in [0.2, 0.25) is 0 Å². The molecule has 2 heterocycles. The maximum absolute atomic E-state index is 13.1. The van der Waals surface area contributed by atoms with Gasteiger partial charge in [0.15, 0.2) is 11.5 Å². The Labute approximate surface area is 173 Å². The predicted octanol–water partition coefficient (Wildman–Crippen LogP) is 2.75. The van der Waals surface area contributed by atoms with Gasteiger partial charge in [-0.1, -0.05) is 41.5 Å². The van der Waals surface area contributed by atoms with Gasteiger partial charge in [0, 0.05) is 5.71 Å². The van der Waals surface area contributed by atoms with Gasteiger partial charge in [0.1, 0.15) is 18.6 Å². The van der Waals surface area contributed by atoms with Crippen molar-refractivity contribution < 1.29 is 19.0 Å². The number of benzene rings is 2. The van der Waals surface area contributed by atoms with Crippen LogP contribution in [0.5, 0.6) is 11.5 Å². The molecule has 0 N–H and O–H groups in total. The number of methoxy groups -OCH3 is 2. The van der Waals surface area contributed by atoms with Gasteiger partial charge in [-0.25, -0.2) is 9.67 Å². The molecule has 0 fully saturated rings. The zero-order valence-electron chi connectivity index (χ0n) is 16.8. The van der Waals surface area contributed by atoms with Crippen LogP contribution in [-0.4, -0.2) is 46.1 Å². The van der Waals surface area contributed by atoms with E-state index in [9.17, 15) is 4.79 Å². The molecular weight excluding hydrogens is 386 g/mol. The van der Waals surface area contributed by atoms with Crippen molar-refractivity contribution in [3.63, 3.8) is 0 Å². The van der Waals surface area contributed by atoms with Crippen molar-refractivity contribution in [2.75, 3.05) is 14.2 Å². The molecule has 0 bridgehead atoms. The number of aromatic nitrogens is 4. The van der Waals surface area contributed by atoms with Crippen molar-refractivity contribution in [1.82, 2.24) is 20.2 Å². The summed E-state index contributed by atoms with van der Waals surface area (Å²) >= 11 is 0. The van der Waals surface area contributed by atoms with Crippen LogP contribution in [0.25, 0.3) is 0 Å². The average molecular weight is 407 g/mol. The van der Waals surface area contributed by atoms with E-state index in [1.807, 2.05) is 42.5 Å². The summed E-state index contributed by atoms with van der Waals surface area (Å²) in [5, 5.41) is 11.7. The molecule has 154 valence electrons. The van der Waals surface area contributed by atoms with E-state index in [1.165, 1.54) is 4.68 Å². The van der Waals surface area contributed by atoms with Crippen molar-refractivity contribution in [3.05, 3.63) is 59.7 Å². The first-order valence-corrected chi connectivity index (χ1v) is 9.38. The SMILES string of the molecule is COc1ccc(C2C(C(=O)OCc3ccccc3)C(C)=Nc3nnnn32)cc1OC. The summed E-state index contributed by atoms with van der Waals surface area (Å²) in [6.07, 6.45) is 0. The van der Waals surface area contributed by atoms with Gasteiger partial charge in [-0.05, 0) is 40.6 Å². The number of esters is 1. The number of carbonyl (C=O) groups excluding carboxylic acids is 1. The standard InChI is InChI=1S/C21H21N5O4/c1-13-18(20(27)30-12-14-7-5-4-6-8-14)19(26-21(22-13)23-24-25-26)15-9-10-16(28-2)17(11-15)29-3/h4-11,18-19H,12H2,1-3H3. The number of nitrogens with zero attached hydrogens (tertiary/aromatic N) is 5. The summed E-state index contributed by atoms with van der Waals surface area (Å²) in [7, 11) is 3.13. The number of aliphatic imine (C=N–C) groups is 1. The molecule has 2 aromatic carbocycles. The molecule has 0 amide bonds. The first-order chi connectivity index (χ1) is 14.6. The number of tetrazole rings is 1. The molecule has 0 spiro atoms. The van der Waals surface area contributed by atoms with Crippen LogP contribution < -0.4 is 9.47 Å². The lowest BCUT2D eigenvalue weighted by molar-refractivity contribution is -0.148. The van der Waals surface area contributed by atoms with E-state index < -0.39 is 17.9 Å². The molecule has 2 unspecified atom stereocenters. The molecule has 9 heteroatoms. The highest BCUT2D eigenvalue weighted by atomic mass is 16.5. The Kier molecular flexibility index (Phi) is 5.42. The lowest BCUT2D eigenvalue weighted by Crippen LogP contribution is -2.37. The Morgan fingerprint density at radius 3 is 2.57 bits per heavy atom. The summed E-state index contributed by atoms with van der Waals surface area (Å²) < 4.78 is 17.9. The van der Waals surface area contributed by atoms with Gasteiger partial charge in [0.2, 0.25) is 0 Å². The van der Waals surface area contributed by atoms with E-state index in [0.29, 0.717) is 23.2 Å². The van der Waals surface area contributed by atoms with Gasteiger partial charge >= 0.3 is 5.97 Å². The van der Waals surface area contributed by atoms with E-state index in [-0.39, 0.29) is 6.61 Å². The molecule has 1 aliphatic heterocycles. The minimum atomic E-state index is -0.692. The van der Waals surface area contributed by atoms with Crippen molar-refractivity contribution in [2.24, 2.45) is 10.9 Å². The van der Waals surface area contributed by atoms with E-state index in [4.69, 9.17) is 14.2 Å². The van der Waals surface area contributed by atoms with Crippen molar-refractivity contribution in [1.29, 1.82) is 0 Å². The van der Waals surface area contributed by atoms with Gasteiger partial charge < -0.3 is 14.2 Å². The summed E-state index contributed by atoms with van der Waals surface area (Å²) in [5.74, 6) is 0.368. The quantitative estimate of drug-likeness (QED) is 0.579. The molecule has 0 aliphatic carbocycles. The van der Waals surface area contributed by atoms with Crippen LogP contribution in [0.15, 0.2) is 53.5 Å². The summed E-state index contributed by atoms with van der Waals surface area (Å²) in [5.41, 5.74) is 2.26. The molecule has 2 atom stereocenters. The Hall–Kier alpha value is -3.75. The minimum absolute atomic E-state index is 0.171. The fourth-order valence-corrected chi connectivity index (χ4v) is 3.53. The van der Waals surface area contributed by atoms with Crippen molar-refractivity contribution in [2.45, 2.75) is 19.6 Å². The predicted molar refractivity (Wildman–Crippen MR) is 108 cm³/mol. The van der Waals surface area contributed by atoms with E-state index in [0.717, 1.165) is 11.1 Å². The zero-order valence-corrected chi connectivity index (χ0v) is 16.8. The molecular formula is C21H21N5O4. The highest BCUT2D eigenvalue weighted by molar-refractivity contribution is 6.03. The summed E-state index contributed by atoms with van der Waals surface area (Å²) in [6.45, 7) is 1.95. The Bertz CT molecular complexity index is 1080. The van der Waals surface area contributed by atoms with Crippen LogP contribution >= 0.6 is 0 Å². The third-order valence-electron chi connectivity index (χ3n) is 5.01. The van der Waals surface area contributed by atoms with Gasteiger partial charge in [-0.15, -0.1) is 0 Å². The summed E-state index contributed by atoms with van der Waals surface area (Å²) in [6, 6.07) is 14.4. The Morgan fingerprint density at radius 1 is 1.07 bits per heavy atom. The normalized spacial score (nSPS) is 17.6. The number of ether oxygens (including phenoxy) is 3. The topological polar surface area (TPSA) is 101 Å².